The van der Waals surface area contributed by atoms with Crippen LogP contribution < -0.4 is 10.2 Å². The van der Waals surface area contributed by atoms with Crippen LogP contribution in [0.3, 0.4) is 0 Å². The minimum atomic E-state index is 0.431. The zero-order chi connectivity index (χ0) is 17.2. The van der Waals surface area contributed by atoms with E-state index in [0.717, 1.165) is 53.9 Å². The van der Waals surface area contributed by atoms with Gasteiger partial charge in [0.05, 0.1) is 18.3 Å². The third-order valence-corrected chi connectivity index (χ3v) is 5.20. The van der Waals surface area contributed by atoms with Crippen molar-refractivity contribution in [2.45, 2.75) is 6.54 Å². The first-order valence-corrected chi connectivity index (χ1v) is 9.34. The van der Waals surface area contributed by atoms with Gasteiger partial charge in [-0.05, 0) is 13.1 Å². The average molecular weight is 376 g/mol. The Morgan fingerprint density at radius 2 is 2.04 bits per heavy atom. The molecule has 3 aromatic heterocycles. The molecule has 25 heavy (non-hydrogen) atoms. The van der Waals surface area contributed by atoms with Crippen LogP contribution in [0.4, 0.5) is 11.8 Å². The summed E-state index contributed by atoms with van der Waals surface area (Å²) in [5, 5.41) is 7.65. The van der Waals surface area contributed by atoms with Crippen molar-refractivity contribution in [1.29, 1.82) is 0 Å². The SMILES string of the molecule is CN1CCN(c2nc(NCc3nccs3)c3cc(Cl)ncc3n2)CC1. The molecule has 0 unspecified atom stereocenters. The molecule has 0 saturated carbocycles. The highest BCUT2D eigenvalue weighted by molar-refractivity contribution is 7.09. The lowest BCUT2D eigenvalue weighted by molar-refractivity contribution is 0.311. The average Bonchev–Trinajstić information content (AvgIpc) is 3.14. The molecular weight excluding hydrogens is 358 g/mol. The molecule has 1 N–H and O–H groups in total. The Morgan fingerprint density at radius 3 is 2.80 bits per heavy atom. The molecule has 0 radical (unpaired) electrons. The van der Waals surface area contributed by atoms with Crippen molar-refractivity contribution in [2.75, 3.05) is 43.4 Å². The zero-order valence-corrected chi connectivity index (χ0v) is 15.4. The van der Waals surface area contributed by atoms with Gasteiger partial charge in [0.1, 0.15) is 16.0 Å². The van der Waals surface area contributed by atoms with E-state index in [1.165, 1.54) is 0 Å². The van der Waals surface area contributed by atoms with Crippen molar-refractivity contribution in [1.82, 2.24) is 24.8 Å². The number of nitrogens with zero attached hydrogens (tertiary/aromatic N) is 6. The summed E-state index contributed by atoms with van der Waals surface area (Å²) in [5.74, 6) is 1.49. The second kappa shape index (κ2) is 7.07. The summed E-state index contributed by atoms with van der Waals surface area (Å²) < 4.78 is 0. The van der Waals surface area contributed by atoms with E-state index < -0.39 is 0 Å². The van der Waals surface area contributed by atoms with Crippen LogP contribution in [0.1, 0.15) is 5.01 Å². The van der Waals surface area contributed by atoms with E-state index in [9.17, 15) is 0 Å². The molecule has 0 atom stereocenters. The molecule has 4 rings (SSSR count). The van der Waals surface area contributed by atoms with Crippen LogP contribution in [0.5, 0.6) is 0 Å². The van der Waals surface area contributed by atoms with Crippen molar-refractivity contribution in [3.8, 4) is 0 Å². The molecule has 0 spiro atoms. The number of piperazine rings is 1. The van der Waals surface area contributed by atoms with Gasteiger partial charge in [0.2, 0.25) is 5.95 Å². The van der Waals surface area contributed by atoms with Crippen molar-refractivity contribution in [2.24, 2.45) is 0 Å². The van der Waals surface area contributed by atoms with Crippen LogP contribution in [0.15, 0.2) is 23.8 Å². The number of likely N-dealkylation sites (N-methyl/N-ethyl adjacent to an activating group) is 1. The number of nitrogens with one attached hydrogen (secondary N) is 1. The second-order valence-electron chi connectivity index (χ2n) is 5.97. The molecule has 7 nitrogen and oxygen atoms in total. The molecule has 0 amide bonds. The molecule has 3 aromatic rings. The predicted octanol–water partition coefficient (Wildman–Crippen LogP) is 2.50. The van der Waals surface area contributed by atoms with Crippen LogP contribution >= 0.6 is 22.9 Å². The normalized spacial score (nSPS) is 15.7. The molecular formula is C16H18ClN7S. The van der Waals surface area contributed by atoms with Crippen LogP contribution in [0, 0.1) is 0 Å². The van der Waals surface area contributed by atoms with E-state index in [1.54, 1.807) is 29.8 Å². The van der Waals surface area contributed by atoms with Gasteiger partial charge >= 0.3 is 0 Å². The summed E-state index contributed by atoms with van der Waals surface area (Å²) in [6, 6.07) is 1.80. The number of hydrogen-bond donors (Lipinski definition) is 1. The van der Waals surface area contributed by atoms with Gasteiger partial charge < -0.3 is 15.1 Å². The predicted molar refractivity (Wildman–Crippen MR) is 101 cm³/mol. The Bertz CT molecular complexity index is 862. The molecule has 130 valence electrons. The summed E-state index contributed by atoms with van der Waals surface area (Å²) in [6.07, 6.45) is 3.50. The molecule has 1 saturated heterocycles. The van der Waals surface area contributed by atoms with Gasteiger partial charge in [-0.15, -0.1) is 11.3 Å². The third-order valence-electron chi connectivity index (χ3n) is 4.21. The molecule has 0 aromatic carbocycles. The van der Waals surface area contributed by atoms with E-state index in [4.69, 9.17) is 21.6 Å². The number of thiazole rings is 1. The van der Waals surface area contributed by atoms with E-state index >= 15 is 0 Å². The van der Waals surface area contributed by atoms with E-state index in [-0.39, 0.29) is 0 Å². The van der Waals surface area contributed by atoms with E-state index in [2.05, 4.69) is 32.1 Å². The molecule has 0 bridgehead atoms. The van der Waals surface area contributed by atoms with Crippen molar-refractivity contribution in [3.05, 3.63) is 34.0 Å². The van der Waals surface area contributed by atoms with E-state index in [0.29, 0.717) is 11.7 Å². The Labute approximate surface area is 154 Å². The lowest BCUT2D eigenvalue weighted by atomic mass is 10.3. The lowest BCUT2D eigenvalue weighted by Gasteiger charge is -2.32. The highest BCUT2D eigenvalue weighted by Crippen LogP contribution is 2.26. The first-order chi connectivity index (χ1) is 12.2. The fourth-order valence-electron chi connectivity index (χ4n) is 2.78. The number of hydrogen-bond acceptors (Lipinski definition) is 8. The van der Waals surface area contributed by atoms with Crippen LogP contribution in [0.2, 0.25) is 5.15 Å². The fourth-order valence-corrected chi connectivity index (χ4v) is 3.49. The fraction of sp³-hybridized carbons (Fsp3) is 0.375. The molecule has 1 fully saturated rings. The monoisotopic (exact) mass is 375 g/mol. The van der Waals surface area contributed by atoms with Crippen molar-refractivity contribution < 1.29 is 0 Å². The van der Waals surface area contributed by atoms with Crippen LogP contribution in [-0.2, 0) is 6.54 Å². The van der Waals surface area contributed by atoms with Gasteiger partial charge in [-0.3, -0.25) is 0 Å². The molecule has 4 heterocycles. The molecule has 9 heteroatoms. The zero-order valence-electron chi connectivity index (χ0n) is 13.8. The molecule has 0 aliphatic carbocycles. The summed E-state index contributed by atoms with van der Waals surface area (Å²) >= 11 is 7.69. The highest BCUT2D eigenvalue weighted by Gasteiger charge is 2.19. The summed E-state index contributed by atoms with van der Waals surface area (Å²) in [6.45, 7) is 4.44. The maximum atomic E-state index is 6.07. The number of rotatable bonds is 4. The smallest absolute Gasteiger partial charge is 0.228 e. The third kappa shape index (κ3) is 3.65. The Kier molecular flexibility index (Phi) is 4.65. The van der Waals surface area contributed by atoms with Gasteiger partial charge in [0, 0.05) is 43.1 Å². The van der Waals surface area contributed by atoms with Gasteiger partial charge in [0.15, 0.2) is 0 Å². The summed E-state index contributed by atoms with van der Waals surface area (Å²) in [4.78, 5) is 22.5. The number of aromatic nitrogens is 4. The molecule has 1 aliphatic heterocycles. The van der Waals surface area contributed by atoms with Crippen molar-refractivity contribution in [3.63, 3.8) is 0 Å². The van der Waals surface area contributed by atoms with Gasteiger partial charge in [0.25, 0.3) is 0 Å². The Balaban J connectivity index is 1.68. The Hall–Kier alpha value is -2.03. The van der Waals surface area contributed by atoms with Gasteiger partial charge in [-0.2, -0.15) is 4.98 Å². The van der Waals surface area contributed by atoms with Crippen LogP contribution in [-0.4, -0.2) is 58.1 Å². The second-order valence-corrected chi connectivity index (χ2v) is 7.33. The summed E-state index contributed by atoms with van der Waals surface area (Å²) in [5.41, 5.74) is 0.787. The minimum Gasteiger partial charge on any atom is -0.363 e. The molecule has 1 aliphatic rings. The number of anilines is 2. The lowest BCUT2D eigenvalue weighted by Crippen LogP contribution is -2.45. The first-order valence-electron chi connectivity index (χ1n) is 8.08. The van der Waals surface area contributed by atoms with Gasteiger partial charge in [-0.25, -0.2) is 15.0 Å². The standard InChI is InChI=1S/C16H18ClN7S/c1-23-3-5-24(6-4-23)16-21-12-9-19-13(17)8-11(12)15(22-16)20-10-14-18-2-7-25-14/h2,7-9H,3-6,10H2,1H3,(H,20,21,22). The maximum absolute atomic E-state index is 6.07. The number of halogens is 1. The van der Waals surface area contributed by atoms with E-state index in [1.807, 2.05) is 5.38 Å². The first kappa shape index (κ1) is 16.4. The minimum absolute atomic E-state index is 0.431. The maximum Gasteiger partial charge on any atom is 0.228 e. The largest absolute Gasteiger partial charge is 0.363 e. The number of fused-ring (bicyclic) bond motifs is 1. The highest BCUT2D eigenvalue weighted by atomic mass is 35.5. The quantitative estimate of drug-likeness (QED) is 0.702. The summed E-state index contributed by atoms with van der Waals surface area (Å²) in [7, 11) is 2.13. The van der Waals surface area contributed by atoms with Crippen molar-refractivity contribution >= 4 is 45.6 Å². The van der Waals surface area contributed by atoms with Crippen LogP contribution in [0.25, 0.3) is 10.9 Å². The topological polar surface area (TPSA) is 70.1 Å². The Morgan fingerprint density at radius 1 is 1.20 bits per heavy atom. The number of pyridine rings is 1. The van der Waals surface area contributed by atoms with Gasteiger partial charge in [-0.1, -0.05) is 11.6 Å².